The summed E-state index contributed by atoms with van der Waals surface area (Å²) in [4.78, 5) is 0. The lowest BCUT2D eigenvalue weighted by atomic mass is 10.1. The van der Waals surface area contributed by atoms with E-state index in [0.29, 0.717) is 13.1 Å². The van der Waals surface area contributed by atoms with Gasteiger partial charge in [0.15, 0.2) is 0 Å². The van der Waals surface area contributed by atoms with Crippen LogP contribution in [0, 0.1) is 5.82 Å². The molecular formula is C16H15ClFNO. The predicted octanol–water partition coefficient (Wildman–Crippen LogP) is 3.70. The molecule has 0 bridgehead atoms. The quantitative estimate of drug-likeness (QED) is 0.927. The van der Waals surface area contributed by atoms with Crippen molar-refractivity contribution >= 4 is 11.6 Å². The van der Waals surface area contributed by atoms with Crippen LogP contribution in [0.4, 0.5) is 4.39 Å². The van der Waals surface area contributed by atoms with E-state index >= 15 is 0 Å². The average Bonchev–Trinajstić information content (AvgIpc) is 2.89. The van der Waals surface area contributed by atoms with Gasteiger partial charge in [-0.1, -0.05) is 23.7 Å². The van der Waals surface area contributed by atoms with E-state index in [4.69, 9.17) is 16.3 Å². The molecule has 0 amide bonds. The Morgan fingerprint density at radius 3 is 2.75 bits per heavy atom. The Labute approximate surface area is 122 Å². The minimum Gasteiger partial charge on any atom is -0.493 e. The highest BCUT2D eigenvalue weighted by molar-refractivity contribution is 6.30. The molecule has 0 aliphatic carbocycles. The van der Waals surface area contributed by atoms with Gasteiger partial charge in [0.25, 0.3) is 0 Å². The first-order valence-corrected chi connectivity index (χ1v) is 6.99. The van der Waals surface area contributed by atoms with Gasteiger partial charge in [0, 0.05) is 30.1 Å². The first kappa shape index (κ1) is 13.4. The normalized spacial score (nSPS) is 13.1. The fourth-order valence-electron chi connectivity index (χ4n) is 2.42. The second-order valence-corrected chi connectivity index (χ2v) is 5.32. The van der Waals surface area contributed by atoms with Crippen molar-refractivity contribution in [1.82, 2.24) is 5.32 Å². The third-order valence-corrected chi connectivity index (χ3v) is 3.60. The van der Waals surface area contributed by atoms with Gasteiger partial charge in [0.2, 0.25) is 0 Å². The topological polar surface area (TPSA) is 21.3 Å². The number of hydrogen-bond donors (Lipinski definition) is 1. The number of benzene rings is 2. The van der Waals surface area contributed by atoms with Crippen LogP contribution in [0.2, 0.25) is 5.02 Å². The summed E-state index contributed by atoms with van der Waals surface area (Å²) < 4.78 is 18.5. The standard InChI is InChI=1S/C16H15ClFNO/c17-14-7-12-5-6-20-16(12)13(8-14)10-19-9-11-1-3-15(18)4-2-11/h1-4,7-8,19H,5-6,9-10H2. The summed E-state index contributed by atoms with van der Waals surface area (Å²) in [5.41, 5.74) is 3.30. The van der Waals surface area contributed by atoms with Crippen molar-refractivity contribution in [3.05, 3.63) is 63.9 Å². The highest BCUT2D eigenvalue weighted by atomic mass is 35.5. The third-order valence-electron chi connectivity index (χ3n) is 3.38. The highest BCUT2D eigenvalue weighted by Gasteiger charge is 2.17. The van der Waals surface area contributed by atoms with Crippen LogP contribution in [0.5, 0.6) is 5.75 Å². The van der Waals surface area contributed by atoms with Gasteiger partial charge in [-0.15, -0.1) is 0 Å². The molecule has 0 aromatic heterocycles. The van der Waals surface area contributed by atoms with Crippen LogP contribution in [0.15, 0.2) is 36.4 Å². The summed E-state index contributed by atoms with van der Waals surface area (Å²) in [6.45, 7) is 2.09. The molecule has 0 unspecified atom stereocenters. The summed E-state index contributed by atoms with van der Waals surface area (Å²) in [5.74, 6) is 0.746. The second kappa shape index (κ2) is 5.81. The second-order valence-electron chi connectivity index (χ2n) is 4.88. The number of hydrogen-bond acceptors (Lipinski definition) is 2. The zero-order valence-electron chi connectivity index (χ0n) is 11.0. The van der Waals surface area contributed by atoms with Gasteiger partial charge < -0.3 is 10.1 Å². The molecule has 2 aromatic carbocycles. The molecule has 0 fully saturated rings. The first-order chi connectivity index (χ1) is 9.72. The summed E-state index contributed by atoms with van der Waals surface area (Å²) in [6.07, 6.45) is 0.918. The van der Waals surface area contributed by atoms with E-state index in [9.17, 15) is 4.39 Å². The molecule has 20 heavy (non-hydrogen) atoms. The maximum atomic E-state index is 12.8. The van der Waals surface area contributed by atoms with E-state index in [0.717, 1.165) is 34.9 Å². The lowest BCUT2D eigenvalue weighted by molar-refractivity contribution is 0.352. The Morgan fingerprint density at radius 2 is 1.95 bits per heavy atom. The summed E-state index contributed by atoms with van der Waals surface area (Å²) in [5, 5.41) is 4.08. The zero-order chi connectivity index (χ0) is 13.9. The van der Waals surface area contributed by atoms with Gasteiger partial charge in [-0.3, -0.25) is 0 Å². The van der Waals surface area contributed by atoms with Crippen LogP contribution in [-0.4, -0.2) is 6.61 Å². The van der Waals surface area contributed by atoms with Gasteiger partial charge in [0.05, 0.1) is 6.61 Å². The smallest absolute Gasteiger partial charge is 0.127 e. The average molecular weight is 292 g/mol. The molecule has 1 aliphatic heterocycles. The molecule has 1 aliphatic rings. The SMILES string of the molecule is Fc1ccc(CNCc2cc(Cl)cc3c2OCC3)cc1. The van der Waals surface area contributed by atoms with E-state index in [1.165, 1.54) is 17.7 Å². The monoisotopic (exact) mass is 291 g/mol. The molecule has 2 nitrogen and oxygen atoms in total. The summed E-state index contributed by atoms with van der Waals surface area (Å²) in [7, 11) is 0. The fourth-order valence-corrected chi connectivity index (χ4v) is 2.68. The van der Waals surface area contributed by atoms with Crippen molar-refractivity contribution in [1.29, 1.82) is 0 Å². The Bertz CT molecular complexity index is 613. The van der Waals surface area contributed by atoms with Gasteiger partial charge in [-0.25, -0.2) is 4.39 Å². The van der Waals surface area contributed by atoms with Crippen molar-refractivity contribution in [3.63, 3.8) is 0 Å². The van der Waals surface area contributed by atoms with Crippen molar-refractivity contribution in [3.8, 4) is 5.75 Å². The number of nitrogens with one attached hydrogen (secondary N) is 1. The van der Waals surface area contributed by atoms with Gasteiger partial charge >= 0.3 is 0 Å². The maximum Gasteiger partial charge on any atom is 0.127 e. The number of fused-ring (bicyclic) bond motifs is 1. The van der Waals surface area contributed by atoms with Crippen LogP contribution in [0.3, 0.4) is 0 Å². The van der Waals surface area contributed by atoms with Crippen molar-refractivity contribution in [2.75, 3.05) is 6.61 Å². The third kappa shape index (κ3) is 2.94. The van der Waals surface area contributed by atoms with Crippen LogP contribution in [-0.2, 0) is 19.5 Å². The molecule has 104 valence electrons. The Morgan fingerprint density at radius 1 is 1.15 bits per heavy atom. The van der Waals surface area contributed by atoms with Gasteiger partial charge in [-0.05, 0) is 35.4 Å². The van der Waals surface area contributed by atoms with E-state index in [2.05, 4.69) is 5.32 Å². The minimum atomic E-state index is -0.213. The molecule has 1 N–H and O–H groups in total. The Balaban J connectivity index is 1.65. The molecule has 0 saturated carbocycles. The molecule has 3 rings (SSSR count). The van der Waals surface area contributed by atoms with Crippen LogP contribution in [0.1, 0.15) is 16.7 Å². The van der Waals surface area contributed by atoms with Crippen molar-refractivity contribution in [2.45, 2.75) is 19.5 Å². The maximum absolute atomic E-state index is 12.8. The largest absolute Gasteiger partial charge is 0.493 e. The molecule has 1 heterocycles. The van der Waals surface area contributed by atoms with E-state index in [1.54, 1.807) is 12.1 Å². The van der Waals surface area contributed by atoms with Gasteiger partial charge in [0.1, 0.15) is 11.6 Å². The van der Waals surface area contributed by atoms with E-state index in [-0.39, 0.29) is 5.82 Å². The fraction of sp³-hybridized carbons (Fsp3) is 0.250. The highest BCUT2D eigenvalue weighted by Crippen LogP contribution is 2.32. The van der Waals surface area contributed by atoms with Crippen LogP contribution in [0.25, 0.3) is 0 Å². The number of halogens is 2. The molecule has 0 atom stereocenters. The molecule has 0 spiro atoms. The lowest BCUT2D eigenvalue weighted by Crippen LogP contribution is -2.13. The number of ether oxygens (including phenoxy) is 1. The zero-order valence-corrected chi connectivity index (χ0v) is 11.7. The summed E-state index contributed by atoms with van der Waals surface area (Å²) in [6, 6.07) is 10.4. The number of rotatable bonds is 4. The first-order valence-electron chi connectivity index (χ1n) is 6.61. The molecular weight excluding hydrogens is 277 g/mol. The van der Waals surface area contributed by atoms with Crippen molar-refractivity contribution < 1.29 is 9.13 Å². The van der Waals surface area contributed by atoms with Crippen molar-refractivity contribution in [2.24, 2.45) is 0 Å². The molecule has 0 radical (unpaired) electrons. The Kier molecular flexibility index (Phi) is 3.90. The predicted molar refractivity (Wildman–Crippen MR) is 77.6 cm³/mol. The van der Waals surface area contributed by atoms with Gasteiger partial charge in [-0.2, -0.15) is 0 Å². The van der Waals surface area contributed by atoms with E-state index < -0.39 is 0 Å². The lowest BCUT2D eigenvalue weighted by Gasteiger charge is -2.10. The van der Waals surface area contributed by atoms with Crippen LogP contribution < -0.4 is 10.1 Å². The Hall–Kier alpha value is -1.58. The molecule has 0 saturated heterocycles. The summed E-state index contributed by atoms with van der Waals surface area (Å²) >= 11 is 6.12. The molecule has 4 heteroatoms. The van der Waals surface area contributed by atoms with Crippen LogP contribution >= 0.6 is 11.6 Å². The minimum absolute atomic E-state index is 0.213. The molecule has 2 aromatic rings. The van der Waals surface area contributed by atoms with E-state index in [1.807, 2.05) is 12.1 Å².